The van der Waals surface area contributed by atoms with E-state index in [-0.39, 0.29) is 5.78 Å². The molecule has 0 saturated heterocycles. The molecule has 0 aliphatic rings. The molecule has 1 aromatic rings. The lowest BCUT2D eigenvalue weighted by molar-refractivity contribution is 0.0970. The molecule has 0 spiro atoms. The number of allylic oxidation sites excluding steroid dienone is 1. The summed E-state index contributed by atoms with van der Waals surface area (Å²) in [5.41, 5.74) is 1.03. The number of carbonyl (C=O) groups excluding carboxylic acids is 1. The Morgan fingerprint density at radius 3 is 2.77 bits per heavy atom. The van der Waals surface area contributed by atoms with Gasteiger partial charge in [-0.1, -0.05) is 5.57 Å². The molecule has 3 nitrogen and oxygen atoms in total. The number of nitrogens with zero attached hydrogens (tertiary/aromatic N) is 2. The Bertz CT molecular complexity index is 325. The fourth-order valence-electron chi connectivity index (χ4n) is 1.07. The second kappa shape index (κ2) is 4.03. The van der Waals surface area contributed by atoms with Gasteiger partial charge in [0, 0.05) is 25.9 Å². The van der Waals surface area contributed by atoms with Crippen LogP contribution in [0.25, 0.3) is 0 Å². The van der Waals surface area contributed by atoms with Gasteiger partial charge in [-0.05, 0) is 13.3 Å². The van der Waals surface area contributed by atoms with Gasteiger partial charge >= 0.3 is 0 Å². The Balaban J connectivity index is 2.59. The van der Waals surface area contributed by atoms with E-state index in [0.717, 1.165) is 12.0 Å². The van der Waals surface area contributed by atoms with Crippen LogP contribution < -0.4 is 0 Å². The molecule has 0 amide bonds. The normalized spacial score (nSPS) is 10.0. The number of ketones is 1. The van der Waals surface area contributed by atoms with Crippen LogP contribution in [0.3, 0.4) is 0 Å². The summed E-state index contributed by atoms with van der Waals surface area (Å²) in [6, 6.07) is 0. The zero-order valence-electron chi connectivity index (χ0n) is 8.08. The van der Waals surface area contributed by atoms with E-state index in [1.165, 1.54) is 0 Å². The van der Waals surface area contributed by atoms with Crippen LogP contribution in [-0.4, -0.2) is 15.3 Å². The second-order valence-corrected chi connectivity index (χ2v) is 3.24. The average Bonchev–Trinajstić information content (AvgIpc) is 2.47. The van der Waals surface area contributed by atoms with Crippen molar-refractivity contribution in [3.05, 3.63) is 30.4 Å². The maximum atomic E-state index is 11.5. The second-order valence-electron chi connectivity index (χ2n) is 3.24. The van der Waals surface area contributed by atoms with Crippen molar-refractivity contribution in [1.82, 2.24) is 9.55 Å². The van der Waals surface area contributed by atoms with Crippen LogP contribution in [0.4, 0.5) is 0 Å². The molecule has 0 aliphatic heterocycles. The van der Waals surface area contributed by atoms with E-state index in [9.17, 15) is 4.79 Å². The summed E-state index contributed by atoms with van der Waals surface area (Å²) in [6.45, 7) is 5.67. The first-order valence-corrected chi connectivity index (χ1v) is 4.26. The van der Waals surface area contributed by atoms with Crippen molar-refractivity contribution in [3.8, 4) is 0 Å². The SMILES string of the molecule is C=C(C)CCC(=O)c1nccn1C. The number of Topliss-reactive ketones (excluding diaryl/α,β-unsaturated/α-hetero) is 1. The summed E-state index contributed by atoms with van der Waals surface area (Å²) >= 11 is 0. The summed E-state index contributed by atoms with van der Waals surface area (Å²) in [4.78, 5) is 15.5. The third-order valence-electron chi connectivity index (χ3n) is 1.85. The van der Waals surface area contributed by atoms with Crippen LogP contribution in [-0.2, 0) is 7.05 Å². The molecule has 70 valence electrons. The van der Waals surface area contributed by atoms with Crippen molar-refractivity contribution in [2.24, 2.45) is 7.05 Å². The van der Waals surface area contributed by atoms with Crippen LogP contribution >= 0.6 is 0 Å². The maximum absolute atomic E-state index is 11.5. The van der Waals surface area contributed by atoms with Crippen LogP contribution in [0.15, 0.2) is 24.5 Å². The Labute approximate surface area is 78.1 Å². The van der Waals surface area contributed by atoms with Crippen LogP contribution in [0.1, 0.15) is 30.4 Å². The Morgan fingerprint density at radius 2 is 2.31 bits per heavy atom. The Morgan fingerprint density at radius 1 is 1.62 bits per heavy atom. The minimum atomic E-state index is 0.0792. The molecule has 3 heteroatoms. The zero-order valence-corrected chi connectivity index (χ0v) is 8.08. The molecule has 0 aromatic carbocycles. The lowest BCUT2D eigenvalue weighted by Crippen LogP contribution is -2.06. The highest BCUT2D eigenvalue weighted by atomic mass is 16.1. The highest BCUT2D eigenvalue weighted by Crippen LogP contribution is 2.06. The smallest absolute Gasteiger partial charge is 0.198 e. The number of imidazole rings is 1. The fourth-order valence-corrected chi connectivity index (χ4v) is 1.07. The number of aromatic nitrogens is 2. The first-order valence-electron chi connectivity index (χ1n) is 4.26. The van der Waals surface area contributed by atoms with Gasteiger partial charge in [0.2, 0.25) is 0 Å². The van der Waals surface area contributed by atoms with Gasteiger partial charge < -0.3 is 4.57 Å². The molecule has 1 aromatic heterocycles. The highest BCUT2D eigenvalue weighted by molar-refractivity contribution is 5.92. The van der Waals surface area contributed by atoms with Crippen LogP contribution in [0.2, 0.25) is 0 Å². The van der Waals surface area contributed by atoms with Gasteiger partial charge in [-0.3, -0.25) is 4.79 Å². The summed E-state index contributed by atoms with van der Waals surface area (Å²) in [5.74, 6) is 0.608. The summed E-state index contributed by atoms with van der Waals surface area (Å²) in [7, 11) is 1.82. The first kappa shape index (κ1) is 9.71. The molecular weight excluding hydrogens is 164 g/mol. The van der Waals surface area contributed by atoms with Gasteiger partial charge in [0.25, 0.3) is 0 Å². The zero-order chi connectivity index (χ0) is 9.84. The van der Waals surface area contributed by atoms with Crippen molar-refractivity contribution in [3.63, 3.8) is 0 Å². The highest BCUT2D eigenvalue weighted by Gasteiger charge is 2.09. The number of hydrogen-bond donors (Lipinski definition) is 0. The lowest BCUT2D eigenvalue weighted by Gasteiger charge is -2.00. The van der Waals surface area contributed by atoms with E-state index < -0.39 is 0 Å². The van der Waals surface area contributed by atoms with Crippen molar-refractivity contribution in [2.45, 2.75) is 19.8 Å². The molecule has 0 atom stereocenters. The van der Waals surface area contributed by atoms with E-state index in [1.54, 1.807) is 17.0 Å². The molecule has 1 heterocycles. The Hall–Kier alpha value is -1.38. The number of carbonyl (C=O) groups is 1. The monoisotopic (exact) mass is 178 g/mol. The van der Waals surface area contributed by atoms with Crippen molar-refractivity contribution in [2.75, 3.05) is 0 Å². The molecule has 0 radical (unpaired) electrons. The first-order chi connectivity index (χ1) is 6.11. The topological polar surface area (TPSA) is 34.9 Å². The molecular formula is C10H14N2O. The van der Waals surface area contributed by atoms with Gasteiger partial charge in [0.05, 0.1) is 0 Å². The molecule has 1 rings (SSSR count). The number of hydrogen-bond acceptors (Lipinski definition) is 2. The van der Waals surface area contributed by atoms with Gasteiger partial charge in [-0.25, -0.2) is 4.98 Å². The molecule has 0 bridgehead atoms. The van der Waals surface area contributed by atoms with E-state index in [0.29, 0.717) is 12.2 Å². The van der Waals surface area contributed by atoms with Gasteiger partial charge in [0.1, 0.15) is 0 Å². The van der Waals surface area contributed by atoms with Gasteiger partial charge in [0.15, 0.2) is 11.6 Å². The molecule has 0 fully saturated rings. The quantitative estimate of drug-likeness (QED) is 0.521. The predicted octanol–water partition coefficient (Wildman–Crippen LogP) is 1.96. The van der Waals surface area contributed by atoms with Crippen LogP contribution in [0, 0.1) is 0 Å². The van der Waals surface area contributed by atoms with Gasteiger partial charge in [-0.15, -0.1) is 6.58 Å². The fraction of sp³-hybridized carbons (Fsp3) is 0.400. The molecule has 0 aliphatic carbocycles. The molecule has 0 unspecified atom stereocenters. The number of aryl methyl sites for hydroxylation is 1. The van der Waals surface area contributed by atoms with Crippen LogP contribution in [0.5, 0.6) is 0 Å². The molecule has 0 saturated carbocycles. The van der Waals surface area contributed by atoms with Crippen molar-refractivity contribution < 1.29 is 4.79 Å². The van der Waals surface area contributed by atoms with E-state index in [4.69, 9.17) is 0 Å². The number of rotatable bonds is 4. The predicted molar refractivity (Wildman–Crippen MR) is 51.6 cm³/mol. The van der Waals surface area contributed by atoms with E-state index in [2.05, 4.69) is 11.6 Å². The van der Waals surface area contributed by atoms with Gasteiger partial charge in [-0.2, -0.15) is 0 Å². The molecule has 0 N–H and O–H groups in total. The average molecular weight is 178 g/mol. The van der Waals surface area contributed by atoms with Crippen molar-refractivity contribution in [1.29, 1.82) is 0 Å². The largest absolute Gasteiger partial charge is 0.332 e. The summed E-state index contributed by atoms with van der Waals surface area (Å²) in [5, 5.41) is 0. The summed E-state index contributed by atoms with van der Waals surface area (Å²) in [6.07, 6.45) is 4.65. The minimum Gasteiger partial charge on any atom is -0.332 e. The third kappa shape index (κ3) is 2.54. The Kier molecular flexibility index (Phi) is 3.01. The minimum absolute atomic E-state index is 0.0792. The van der Waals surface area contributed by atoms with Crippen molar-refractivity contribution >= 4 is 5.78 Å². The van der Waals surface area contributed by atoms with E-state index >= 15 is 0 Å². The maximum Gasteiger partial charge on any atom is 0.198 e. The van der Waals surface area contributed by atoms with E-state index in [1.807, 2.05) is 14.0 Å². The standard InChI is InChI=1S/C10H14N2O/c1-8(2)4-5-9(13)10-11-6-7-12(10)3/h6-7H,1,4-5H2,2-3H3. The molecule has 13 heavy (non-hydrogen) atoms. The lowest BCUT2D eigenvalue weighted by atomic mass is 10.1. The summed E-state index contributed by atoms with van der Waals surface area (Å²) < 4.78 is 1.74. The third-order valence-corrected chi connectivity index (χ3v) is 1.85.